The van der Waals surface area contributed by atoms with Gasteiger partial charge in [0.05, 0.1) is 4.91 Å². The van der Waals surface area contributed by atoms with Crippen LogP contribution in [0.5, 0.6) is 5.75 Å². The lowest BCUT2D eigenvalue weighted by atomic mass is 10.1. The lowest BCUT2D eigenvalue weighted by Gasteiger charge is -2.11. The van der Waals surface area contributed by atoms with Crippen molar-refractivity contribution >= 4 is 67.8 Å². The SMILES string of the molecule is CN1C(=O)C(=Cc2cc(Br)ccc2OCc2ccccc2Cl)SC1=S. The lowest BCUT2D eigenvalue weighted by molar-refractivity contribution is -0.121. The van der Waals surface area contributed by atoms with Crippen molar-refractivity contribution in [3.63, 3.8) is 0 Å². The van der Waals surface area contributed by atoms with Gasteiger partial charge in [0.1, 0.15) is 16.7 Å². The highest BCUT2D eigenvalue weighted by atomic mass is 79.9. The summed E-state index contributed by atoms with van der Waals surface area (Å²) in [4.78, 5) is 14.3. The number of ether oxygens (including phenoxy) is 1. The first-order chi connectivity index (χ1) is 12.0. The predicted molar refractivity (Wildman–Crippen MR) is 111 cm³/mol. The van der Waals surface area contributed by atoms with Crippen LogP contribution in [0.4, 0.5) is 0 Å². The second-order valence-electron chi connectivity index (χ2n) is 5.30. The molecular formula is C18H13BrClNO2S2. The van der Waals surface area contributed by atoms with Crippen molar-refractivity contribution in [2.45, 2.75) is 6.61 Å². The number of thiocarbonyl (C=S) groups is 1. The number of amides is 1. The third-order valence-electron chi connectivity index (χ3n) is 3.59. The minimum atomic E-state index is -0.105. The zero-order chi connectivity index (χ0) is 18.0. The van der Waals surface area contributed by atoms with Gasteiger partial charge in [-0.15, -0.1) is 0 Å². The van der Waals surface area contributed by atoms with E-state index in [0.29, 0.717) is 26.6 Å². The van der Waals surface area contributed by atoms with Gasteiger partial charge in [0.25, 0.3) is 5.91 Å². The van der Waals surface area contributed by atoms with E-state index in [1.54, 1.807) is 13.1 Å². The number of carbonyl (C=O) groups excluding carboxylic acids is 1. The Labute approximate surface area is 169 Å². The van der Waals surface area contributed by atoms with Crippen molar-refractivity contribution in [3.05, 3.63) is 68.0 Å². The van der Waals surface area contributed by atoms with Crippen LogP contribution in [0.3, 0.4) is 0 Å². The van der Waals surface area contributed by atoms with Crippen LogP contribution in [0.25, 0.3) is 6.08 Å². The van der Waals surface area contributed by atoms with Crippen molar-refractivity contribution in [1.82, 2.24) is 4.90 Å². The molecule has 1 heterocycles. The van der Waals surface area contributed by atoms with Crippen LogP contribution < -0.4 is 4.74 Å². The number of nitrogens with zero attached hydrogens (tertiary/aromatic N) is 1. The molecule has 7 heteroatoms. The number of carbonyl (C=O) groups is 1. The molecule has 3 nitrogen and oxygen atoms in total. The Morgan fingerprint density at radius 2 is 2.08 bits per heavy atom. The van der Waals surface area contributed by atoms with Crippen LogP contribution in [0, 0.1) is 0 Å². The van der Waals surface area contributed by atoms with Gasteiger partial charge in [0, 0.05) is 27.7 Å². The number of rotatable bonds is 4. The first-order valence-corrected chi connectivity index (χ1v) is 9.72. The third kappa shape index (κ3) is 4.26. The molecule has 25 heavy (non-hydrogen) atoms. The minimum Gasteiger partial charge on any atom is -0.488 e. The molecule has 0 saturated carbocycles. The molecule has 1 aliphatic rings. The average molecular weight is 455 g/mol. The highest BCUT2D eigenvalue weighted by molar-refractivity contribution is 9.10. The fourth-order valence-electron chi connectivity index (χ4n) is 2.22. The molecule has 1 amide bonds. The highest BCUT2D eigenvalue weighted by Crippen LogP contribution is 2.34. The van der Waals surface area contributed by atoms with Gasteiger partial charge >= 0.3 is 0 Å². The van der Waals surface area contributed by atoms with Crippen LogP contribution >= 0.6 is 51.5 Å². The van der Waals surface area contributed by atoms with Crippen LogP contribution in [-0.2, 0) is 11.4 Å². The molecule has 1 aliphatic heterocycles. The predicted octanol–water partition coefficient (Wildman–Crippen LogP) is 5.51. The summed E-state index contributed by atoms with van der Waals surface area (Å²) in [5.41, 5.74) is 1.70. The van der Waals surface area contributed by atoms with Crippen LogP contribution in [-0.4, -0.2) is 22.2 Å². The van der Waals surface area contributed by atoms with E-state index in [0.717, 1.165) is 15.6 Å². The molecule has 0 aliphatic carbocycles. The maximum absolute atomic E-state index is 12.2. The molecule has 128 valence electrons. The first-order valence-electron chi connectivity index (χ1n) is 7.33. The summed E-state index contributed by atoms with van der Waals surface area (Å²) in [6.45, 7) is 0.344. The summed E-state index contributed by atoms with van der Waals surface area (Å²) in [6, 6.07) is 13.2. The number of hydrogen-bond acceptors (Lipinski definition) is 4. The number of likely N-dealkylation sites (N-methyl/N-ethyl adjacent to an activating group) is 1. The lowest BCUT2D eigenvalue weighted by Crippen LogP contribution is -2.22. The van der Waals surface area contributed by atoms with E-state index < -0.39 is 0 Å². The highest BCUT2D eigenvalue weighted by Gasteiger charge is 2.29. The number of hydrogen-bond donors (Lipinski definition) is 0. The van der Waals surface area contributed by atoms with Gasteiger partial charge in [-0.1, -0.05) is 69.7 Å². The van der Waals surface area contributed by atoms with E-state index in [2.05, 4.69) is 15.9 Å². The minimum absolute atomic E-state index is 0.105. The molecule has 0 bridgehead atoms. The second kappa shape index (κ2) is 7.91. The Hall–Kier alpha value is -1.34. The molecule has 2 aromatic rings. The number of benzene rings is 2. The Morgan fingerprint density at radius 1 is 1.32 bits per heavy atom. The summed E-state index contributed by atoms with van der Waals surface area (Å²) in [5.74, 6) is 0.566. The summed E-state index contributed by atoms with van der Waals surface area (Å²) in [6.07, 6.45) is 1.80. The number of thioether (sulfide) groups is 1. The van der Waals surface area contributed by atoms with E-state index >= 15 is 0 Å². The normalized spacial score (nSPS) is 16.0. The first kappa shape index (κ1) is 18.5. The fourth-order valence-corrected chi connectivity index (χ4v) is 3.96. The molecule has 3 rings (SSSR count). The van der Waals surface area contributed by atoms with E-state index in [-0.39, 0.29) is 5.91 Å². The molecule has 0 unspecified atom stereocenters. The molecule has 0 aromatic heterocycles. The molecule has 1 saturated heterocycles. The van der Waals surface area contributed by atoms with Crippen LogP contribution in [0.1, 0.15) is 11.1 Å². The summed E-state index contributed by atoms with van der Waals surface area (Å²) >= 11 is 16.1. The Bertz CT molecular complexity index is 885. The fraction of sp³-hybridized carbons (Fsp3) is 0.111. The maximum Gasteiger partial charge on any atom is 0.265 e. The molecule has 1 fully saturated rings. The second-order valence-corrected chi connectivity index (χ2v) is 8.30. The third-order valence-corrected chi connectivity index (χ3v) is 5.93. The van der Waals surface area contributed by atoms with E-state index in [1.807, 2.05) is 42.5 Å². The van der Waals surface area contributed by atoms with Gasteiger partial charge in [0.15, 0.2) is 0 Å². The van der Waals surface area contributed by atoms with Gasteiger partial charge in [-0.2, -0.15) is 0 Å². The van der Waals surface area contributed by atoms with Crippen molar-refractivity contribution < 1.29 is 9.53 Å². The van der Waals surface area contributed by atoms with Crippen LogP contribution in [0.2, 0.25) is 5.02 Å². The molecule has 0 spiro atoms. The van der Waals surface area contributed by atoms with Gasteiger partial charge in [-0.3, -0.25) is 9.69 Å². The molecule has 0 N–H and O–H groups in total. The van der Waals surface area contributed by atoms with Crippen molar-refractivity contribution in [2.75, 3.05) is 7.05 Å². The van der Waals surface area contributed by atoms with Crippen molar-refractivity contribution in [2.24, 2.45) is 0 Å². The average Bonchev–Trinajstić information content (AvgIpc) is 2.82. The molecular weight excluding hydrogens is 442 g/mol. The van der Waals surface area contributed by atoms with E-state index in [4.69, 9.17) is 28.6 Å². The zero-order valence-electron chi connectivity index (χ0n) is 13.2. The maximum atomic E-state index is 12.2. The molecule has 0 radical (unpaired) electrons. The van der Waals surface area contributed by atoms with Crippen LogP contribution in [0.15, 0.2) is 51.8 Å². The standard InChI is InChI=1S/C18H13BrClNO2S2/c1-21-17(22)16(25-18(21)24)9-12-8-13(19)6-7-15(12)23-10-11-4-2-3-5-14(11)20/h2-9H,10H2,1H3. The van der Waals surface area contributed by atoms with Gasteiger partial charge in [-0.05, 0) is 30.3 Å². The largest absolute Gasteiger partial charge is 0.488 e. The van der Waals surface area contributed by atoms with Gasteiger partial charge in [0.2, 0.25) is 0 Å². The zero-order valence-corrected chi connectivity index (χ0v) is 17.1. The topological polar surface area (TPSA) is 29.5 Å². The van der Waals surface area contributed by atoms with Gasteiger partial charge < -0.3 is 4.74 Å². The van der Waals surface area contributed by atoms with Crippen molar-refractivity contribution in [3.8, 4) is 5.75 Å². The van der Waals surface area contributed by atoms with E-state index in [9.17, 15) is 4.79 Å². The molecule has 2 aromatic carbocycles. The summed E-state index contributed by atoms with van der Waals surface area (Å²) < 4.78 is 7.39. The molecule has 0 atom stereocenters. The Morgan fingerprint density at radius 3 is 2.76 bits per heavy atom. The van der Waals surface area contributed by atoms with Crippen molar-refractivity contribution in [1.29, 1.82) is 0 Å². The van der Waals surface area contributed by atoms with E-state index in [1.165, 1.54) is 16.7 Å². The summed E-state index contributed by atoms with van der Waals surface area (Å²) in [5, 5.41) is 0.660. The summed E-state index contributed by atoms with van der Waals surface area (Å²) in [7, 11) is 1.67. The smallest absolute Gasteiger partial charge is 0.265 e. The Kier molecular flexibility index (Phi) is 5.84. The van der Waals surface area contributed by atoms with Gasteiger partial charge in [-0.25, -0.2) is 0 Å². The monoisotopic (exact) mass is 453 g/mol. The quantitative estimate of drug-likeness (QED) is 0.450. The Balaban J connectivity index is 1.88. The number of halogens is 2.